The predicted molar refractivity (Wildman–Crippen MR) is 176 cm³/mol. The molecule has 4 heteroatoms. The van der Waals surface area contributed by atoms with Gasteiger partial charge in [0.05, 0.1) is 11.4 Å². The molecule has 0 spiro atoms. The third-order valence-corrected chi connectivity index (χ3v) is 10.2. The van der Waals surface area contributed by atoms with Crippen molar-refractivity contribution < 1.29 is 0 Å². The first kappa shape index (κ1) is 27.1. The number of nitrogens with zero attached hydrogens (tertiary/aromatic N) is 2. The number of thioether (sulfide) groups is 2. The molecule has 0 bridgehead atoms. The third-order valence-electron chi connectivity index (χ3n) is 7.87. The Bertz CT molecular complexity index is 1650. The van der Waals surface area contributed by atoms with Gasteiger partial charge in [0, 0.05) is 21.2 Å². The molecule has 0 unspecified atom stereocenters. The fourth-order valence-corrected chi connectivity index (χ4v) is 7.81. The summed E-state index contributed by atoms with van der Waals surface area (Å²) in [6.45, 7) is 18.2. The van der Waals surface area contributed by atoms with E-state index in [0.717, 1.165) is 0 Å². The van der Waals surface area contributed by atoms with Gasteiger partial charge < -0.3 is 9.80 Å². The summed E-state index contributed by atoms with van der Waals surface area (Å²) in [6.07, 6.45) is 0. The van der Waals surface area contributed by atoms with Crippen molar-refractivity contribution in [3.05, 3.63) is 117 Å². The summed E-state index contributed by atoms with van der Waals surface area (Å²) >= 11 is 3.77. The number of benzene rings is 4. The highest BCUT2D eigenvalue weighted by atomic mass is 32.2. The highest BCUT2D eigenvalue weighted by molar-refractivity contribution is 8.07. The van der Waals surface area contributed by atoms with Crippen LogP contribution in [0.15, 0.2) is 105 Å². The molecule has 4 aromatic carbocycles. The molecule has 0 atom stereocenters. The minimum absolute atomic E-state index is 0.0694. The van der Waals surface area contributed by atoms with E-state index in [9.17, 15) is 0 Å². The average molecular weight is 563 g/mol. The summed E-state index contributed by atoms with van der Waals surface area (Å²) in [5.74, 6) is 0. The van der Waals surface area contributed by atoms with Gasteiger partial charge in [0.2, 0.25) is 0 Å². The Morgan fingerprint density at radius 1 is 0.500 bits per heavy atom. The number of hydrogen-bond acceptors (Lipinski definition) is 4. The van der Waals surface area contributed by atoms with E-state index in [1.165, 1.54) is 64.9 Å². The Kier molecular flexibility index (Phi) is 6.63. The molecule has 40 heavy (non-hydrogen) atoms. The molecular weight excluding hydrogens is 525 g/mol. The lowest BCUT2D eigenvalue weighted by Gasteiger charge is -2.29. The summed E-state index contributed by atoms with van der Waals surface area (Å²) in [7, 11) is 0. The van der Waals surface area contributed by atoms with Crippen LogP contribution in [0.5, 0.6) is 0 Å². The van der Waals surface area contributed by atoms with Crippen molar-refractivity contribution in [3.8, 4) is 0 Å². The Morgan fingerprint density at radius 3 is 1.57 bits per heavy atom. The first-order valence-electron chi connectivity index (χ1n) is 14.0. The van der Waals surface area contributed by atoms with Crippen LogP contribution in [0.25, 0.3) is 0 Å². The fraction of sp³-hybridized carbons (Fsp3) is 0.278. The number of anilines is 4. The van der Waals surface area contributed by atoms with Gasteiger partial charge in [0.1, 0.15) is 10.1 Å². The topological polar surface area (TPSA) is 6.48 Å². The Labute approximate surface area is 248 Å². The molecule has 2 aliphatic rings. The van der Waals surface area contributed by atoms with Crippen LogP contribution < -0.4 is 9.80 Å². The fourth-order valence-electron chi connectivity index (χ4n) is 5.29. The molecule has 2 aliphatic heterocycles. The molecule has 0 saturated heterocycles. The number of rotatable bonds is 2. The van der Waals surface area contributed by atoms with E-state index in [4.69, 9.17) is 0 Å². The maximum absolute atomic E-state index is 2.50. The van der Waals surface area contributed by atoms with E-state index in [-0.39, 0.29) is 10.8 Å². The predicted octanol–water partition coefficient (Wildman–Crippen LogP) is 11.2. The van der Waals surface area contributed by atoms with Gasteiger partial charge in [0.15, 0.2) is 0 Å². The van der Waals surface area contributed by atoms with Gasteiger partial charge in [-0.15, -0.1) is 0 Å². The lowest BCUT2D eigenvalue weighted by atomic mass is 9.87. The van der Waals surface area contributed by atoms with Gasteiger partial charge in [-0.25, -0.2) is 0 Å². The van der Waals surface area contributed by atoms with Gasteiger partial charge in [0.25, 0.3) is 0 Å². The van der Waals surface area contributed by atoms with Crippen LogP contribution in [0.3, 0.4) is 0 Å². The zero-order valence-corrected chi connectivity index (χ0v) is 26.4. The number of hydrogen-bond donors (Lipinski definition) is 0. The van der Waals surface area contributed by atoms with E-state index in [1.54, 1.807) is 0 Å². The molecular formula is C36H38N2S2. The normalized spacial score (nSPS) is 16.9. The Hall–Kier alpha value is -3.08. The van der Waals surface area contributed by atoms with Gasteiger partial charge in [-0.3, -0.25) is 0 Å². The van der Waals surface area contributed by atoms with Crippen LogP contribution in [0.2, 0.25) is 0 Å². The smallest absolute Gasteiger partial charge is 0.116 e. The highest BCUT2D eigenvalue weighted by Crippen LogP contribution is 2.59. The van der Waals surface area contributed by atoms with Crippen molar-refractivity contribution in [1.82, 2.24) is 0 Å². The van der Waals surface area contributed by atoms with E-state index in [1.807, 2.05) is 23.5 Å². The Balaban J connectivity index is 1.60. The molecule has 0 amide bonds. The summed E-state index contributed by atoms with van der Waals surface area (Å²) in [4.78, 5) is 7.57. The first-order valence-corrected chi connectivity index (χ1v) is 15.7. The molecule has 6 rings (SSSR count). The maximum Gasteiger partial charge on any atom is 0.116 e. The SMILES string of the molecule is Cc1cc2c(cc1C)N(c1cccc(C(C)(C)C)c1)/C(=C1\Sc3ccccc3N1c1cccc(C(C)(C)C)c1)S2. The molecule has 0 aliphatic carbocycles. The van der Waals surface area contributed by atoms with Crippen LogP contribution in [0.1, 0.15) is 63.8 Å². The quantitative estimate of drug-likeness (QED) is 0.240. The van der Waals surface area contributed by atoms with Crippen LogP contribution in [-0.2, 0) is 10.8 Å². The summed E-state index contributed by atoms with van der Waals surface area (Å²) in [5, 5.41) is 2.51. The molecule has 2 heterocycles. The van der Waals surface area contributed by atoms with Gasteiger partial charge in [-0.1, -0.05) is 101 Å². The minimum atomic E-state index is 0.0694. The lowest BCUT2D eigenvalue weighted by Crippen LogP contribution is -2.20. The second-order valence-electron chi connectivity index (χ2n) is 13.0. The first-order chi connectivity index (χ1) is 18.9. The third kappa shape index (κ3) is 4.76. The maximum atomic E-state index is 2.50. The largest absolute Gasteiger partial charge is 0.301 e. The van der Waals surface area contributed by atoms with Crippen molar-refractivity contribution in [2.24, 2.45) is 0 Å². The average Bonchev–Trinajstić information content (AvgIpc) is 3.46. The van der Waals surface area contributed by atoms with E-state index in [0.29, 0.717) is 0 Å². The molecule has 204 valence electrons. The minimum Gasteiger partial charge on any atom is -0.301 e. The molecule has 0 radical (unpaired) electrons. The molecule has 0 N–H and O–H groups in total. The molecule has 0 aromatic heterocycles. The summed E-state index contributed by atoms with van der Waals surface area (Å²) in [5.41, 5.74) is 10.4. The molecule has 0 saturated carbocycles. The van der Waals surface area contributed by atoms with Crippen molar-refractivity contribution in [3.63, 3.8) is 0 Å². The van der Waals surface area contributed by atoms with E-state index < -0.39 is 0 Å². The zero-order valence-electron chi connectivity index (χ0n) is 24.8. The molecule has 0 fully saturated rings. The van der Waals surface area contributed by atoms with Crippen LogP contribution in [0.4, 0.5) is 22.7 Å². The standard InChI is InChI=1S/C36H38N2S2/c1-23-19-30-32(20-24(23)2)40-34(38(30)28-16-12-14-26(22-28)36(6,7)8)33-37(29-17-9-10-18-31(29)39-33)27-15-11-13-25(21-27)35(3,4)5/h9-22H,1-8H3/b34-33+. The van der Waals surface area contributed by atoms with Crippen LogP contribution in [0, 0.1) is 13.8 Å². The van der Waals surface area contributed by atoms with Crippen LogP contribution >= 0.6 is 23.5 Å². The number of fused-ring (bicyclic) bond motifs is 2. The zero-order chi connectivity index (χ0) is 28.4. The molecule has 2 nitrogen and oxygen atoms in total. The second-order valence-corrected chi connectivity index (χ2v) is 15.0. The van der Waals surface area contributed by atoms with Crippen molar-refractivity contribution >= 4 is 46.3 Å². The van der Waals surface area contributed by atoms with E-state index in [2.05, 4.69) is 150 Å². The lowest BCUT2D eigenvalue weighted by molar-refractivity contribution is 0.590. The number of aryl methyl sites for hydroxylation is 2. The number of para-hydroxylation sites is 1. The van der Waals surface area contributed by atoms with Gasteiger partial charge in [-0.2, -0.15) is 0 Å². The highest BCUT2D eigenvalue weighted by Gasteiger charge is 2.37. The van der Waals surface area contributed by atoms with Crippen molar-refractivity contribution in [2.75, 3.05) is 9.80 Å². The van der Waals surface area contributed by atoms with Crippen molar-refractivity contribution in [1.29, 1.82) is 0 Å². The molecule has 4 aromatic rings. The summed E-state index contributed by atoms with van der Waals surface area (Å²) < 4.78 is 0. The van der Waals surface area contributed by atoms with Crippen molar-refractivity contribution in [2.45, 2.75) is 76.0 Å². The Morgan fingerprint density at radius 2 is 1.00 bits per heavy atom. The van der Waals surface area contributed by atoms with Crippen LogP contribution in [-0.4, -0.2) is 0 Å². The monoisotopic (exact) mass is 562 g/mol. The van der Waals surface area contributed by atoms with E-state index >= 15 is 0 Å². The van der Waals surface area contributed by atoms with Gasteiger partial charge >= 0.3 is 0 Å². The summed E-state index contributed by atoms with van der Waals surface area (Å²) in [6, 6.07) is 31.7. The van der Waals surface area contributed by atoms with Gasteiger partial charge in [-0.05, 0) is 95.5 Å². The second kappa shape index (κ2) is 9.78.